The van der Waals surface area contributed by atoms with Crippen molar-refractivity contribution in [2.45, 2.75) is 0 Å². The van der Waals surface area contributed by atoms with Crippen LogP contribution in [0.1, 0.15) is 0 Å². The molecule has 0 atom stereocenters. The van der Waals surface area contributed by atoms with Crippen LogP contribution < -0.4 is 0 Å². The Morgan fingerprint density at radius 1 is 0.119 bits per heavy atom. The molecule has 6 nitrogen and oxygen atoms in total. The summed E-state index contributed by atoms with van der Waals surface area (Å²) in [6.07, 6.45) is 22.3. The molecule has 84 heavy (non-hydrogen) atoms. The van der Waals surface area contributed by atoms with Gasteiger partial charge in [0.15, 0.2) is 0 Å². The molecule has 0 spiro atoms. The smallest absolute Gasteiger partial charge is 0.0346 e. The van der Waals surface area contributed by atoms with Crippen LogP contribution in [0.4, 0.5) is 0 Å². The monoisotopic (exact) mass is 1070 g/mol. The normalized spacial score (nSPS) is 10.9. The molecule has 8 aromatic carbocycles. The fourth-order valence-corrected chi connectivity index (χ4v) is 10.7. The predicted octanol–water partition coefficient (Wildman–Crippen LogP) is 19.7. The second kappa shape index (κ2) is 24.6. The van der Waals surface area contributed by atoms with Crippen LogP contribution in [0.2, 0.25) is 0 Å². The average molecular weight is 1080 g/mol. The van der Waals surface area contributed by atoms with Gasteiger partial charge < -0.3 is 0 Å². The second-order valence-corrected chi connectivity index (χ2v) is 20.5. The van der Waals surface area contributed by atoms with Gasteiger partial charge in [0.1, 0.15) is 0 Å². The molecule has 0 amide bonds. The lowest BCUT2D eigenvalue weighted by molar-refractivity contribution is 1.33. The first-order valence-electron chi connectivity index (χ1n) is 28.0. The molecule has 14 aromatic rings. The molecule has 0 aliphatic carbocycles. The molecule has 6 heteroatoms. The van der Waals surface area contributed by atoms with E-state index in [0.29, 0.717) is 0 Å². The van der Waals surface area contributed by atoms with E-state index >= 15 is 0 Å². The Morgan fingerprint density at radius 2 is 0.238 bits per heavy atom. The predicted molar refractivity (Wildman–Crippen MR) is 345 cm³/mol. The topological polar surface area (TPSA) is 77.3 Å². The van der Waals surface area contributed by atoms with Gasteiger partial charge in [-0.15, -0.1) is 0 Å². The molecule has 0 saturated carbocycles. The van der Waals surface area contributed by atoms with Crippen molar-refractivity contribution < 1.29 is 0 Å². The zero-order valence-corrected chi connectivity index (χ0v) is 45.9. The molecule has 0 radical (unpaired) electrons. The van der Waals surface area contributed by atoms with E-state index in [1.165, 1.54) is 0 Å². The van der Waals surface area contributed by atoms with Gasteiger partial charge in [-0.3, -0.25) is 29.9 Å². The molecule has 0 aliphatic heterocycles. The van der Waals surface area contributed by atoms with E-state index in [0.717, 1.165) is 134 Å². The second-order valence-electron chi connectivity index (χ2n) is 20.5. The molecule has 396 valence electrons. The van der Waals surface area contributed by atoms with Gasteiger partial charge in [0, 0.05) is 108 Å². The van der Waals surface area contributed by atoms with E-state index in [1.807, 2.05) is 111 Å². The largest absolute Gasteiger partial charge is 0.264 e. The number of pyridine rings is 6. The molecule has 6 heterocycles. The highest BCUT2D eigenvalue weighted by atomic mass is 14.6. The molecule has 14 rings (SSSR count). The van der Waals surface area contributed by atoms with Crippen LogP contribution in [0.3, 0.4) is 0 Å². The quantitative estimate of drug-likeness (QED) is 0.121. The van der Waals surface area contributed by atoms with Crippen LogP contribution >= 0.6 is 0 Å². The van der Waals surface area contributed by atoms with Gasteiger partial charge >= 0.3 is 0 Å². The van der Waals surface area contributed by atoms with Crippen LogP contribution in [0.25, 0.3) is 134 Å². The number of hydrogen-bond acceptors (Lipinski definition) is 6. The molecular formula is C78H54N6. The van der Waals surface area contributed by atoms with Crippen molar-refractivity contribution in [3.8, 4) is 134 Å². The summed E-state index contributed by atoms with van der Waals surface area (Å²) in [5.41, 5.74) is 27.4. The van der Waals surface area contributed by atoms with Crippen molar-refractivity contribution in [2.24, 2.45) is 0 Å². The number of aromatic nitrogens is 6. The van der Waals surface area contributed by atoms with E-state index in [4.69, 9.17) is 0 Å². The van der Waals surface area contributed by atoms with E-state index in [-0.39, 0.29) is 0 Å². The third kappa shape index (κ3) is 12.1. The highest BCUT2D eigenvalue weighted by molar-refractivity contribution is 5.87. The lowest BCUT2D eigenvalue weighted by Crippen LogP contribution is -1.89. The number of rotatable bonds is 12. The van der Waals surface area contributed by atoms with E-state index in [1.54, 1.807) is 0 Å². The zero-order valence-electron chi connectivity index (χ0n) is 45.9. The molecule has 6 aromatic heterocycles. The third-order valence-corrected chi connectivity index (χ3v) is 15.0. The fraction of sp³-hybridized carbons (Fsp3) is 0. The maximum atomic E-state index is 4.33. The third-order valence-electron chi connectivity index (χ3n) is 15.0. The Labute approximate surface area is 489 Å². The van der Waals surface area contributed by atoms with Crippen molar-refractivity contribution >= 4 is 0 Å². The van der Waals surface area contributed by atoms with Crippen molar-refractivity contribution in [2.75, 3.05) is 0 Å². The summed E-state index contributed by atoms with van der Waals surface area (Å²) < 4.78 is 0. The molecule has 0 N–H and O–H groups in total. The lowest BCUT2D eigenvalue weighted by atomic mass is 9.91. The maximum Gasteiger partial charge on any atom is 0.0346 e. The minimum atomic E-state index is 1.10. The first kappa shape index (κ1) is 52.1. The summed E-state index contributed by atoms with van der Waals surface area (Å²) in [6, 6.07) is 90.3. The number of benzene rings is 8. The molecular weight excluding hydrogens is 1020 g/mol. The van der Waals surface area contributed by atoms with Crippen LogP contribution in [0.15, 0.2) is 329 Å². The van der Waals surface area contributed by atoms with Crippen molar-refractivity contribution in [3.63, 3.8) is 0 Å². The van der Waals surface area contributed by atoms with Gasteiger partial charge in [0.05, 0.1) is 0 Å². The van der Waals surface area contributed by atoms with Crippen LogP contribution in [0, 0.1) is 0 Å². The van der Waals surface area contributed by atoms with Crippen LogP contribution in [-0.2, 0) is 0 Å². The number of hydrogen-bond donors (Lipinski definition) is 0. The Hall–Kier alpha value is -11.3. The average Bonchev–Trinajstić information content (AvgIpc) is 3.60. The molecule has 0 unspecified atom stereocenters. The summed E-state index contributed by atoms with van der Waals surface area (Å²) in [5, 5.41) is 0. The van der Waals surface area contributed by atoms with E-state index < -0.39 is 0 Å². The van der Waals surface area contributed by atoms with Crippen LogP contribution in [-0.4, -0.2) is 29.9 Å². The fourth-order valence-electron chi connectivity index (χ4n) is 10.7. The van der Waals surface area contributed by atoms with E-state index in [2.05, 4.69) is 248 Å². The van der Waals surface area contributed by atoms with E-state index in [9.17, 15) is 0 Å². The molecule has 0 aliphatic rings. The SMILES string of the molecule is c1cncc(-c2cccc(-c3cc(-c4cccc(-c5cccnc5)c4)cc(-c4cccc(-c5cccnc5)c4)c3)c2)c1.c1cncc(-c2cccc(-c3cc(-c4cccc(-c5cccnc5)c4)cc(-c4cccc(-c5cccnc5)c4)c3)c2)c1. The van der Waals surface area contributed by atoms with Crippen LogP contribution in [0.5, 0.6) is 0 Å². The lowest BCUT2D eigenvalue weighted by Gasteiger charge is -2.14. The van der Waals surface area contributed by atoms with Crippen molar-refractivity contribution in [1.29, 1.82) is 0 Å². The Morgan fingerprint density at radius 3 is 0.369 bits per heavy atom. The molecule has 0 fully saturated rings. The van der Waals surface area contributed by atoms with Gasteiger partial charge in [-0.2, -0.15) is 0 Å². The molecule has 0 saturated heterocycles. The zero-order chi connectivity index (χ0) is 56.3. The summed E-state index contributed by atoms with van der Waals surface area (Å²) >= 11 is 0. The van der Waals surface area contributed by atoms with Gasteiger partial charge in [0.2, 0.25) is 0 Å². The Kier molecular flexibility index (Phi) is 15.2. The molecule has 0 bridgehead atoms. The van der Waals surface area contributed by atoms with Gasteiger partial charge in [0.25, 0.3) is 0 Å². The minimum Gasteiger partial charge on any atom is -0.264 e. The first-order chi connectivity index (χ1) is 41.6. The first-order valence-corrected chi connectivity index (χ1v) is 28.0. The van der Waals surface area contributed by atoms with Gasteiger partial charge in [-0.25, -0.2) is 0 Å². The summed E-state index contributed by atoms with van der Waals surface area (Å²) in [7, 11) is 0. The Bertz CT molecular complexity index is 3740. The van der Waals surface area contributed by atoms with Crippen molar-refractivity contribution in [3.05, 3.63) is 329 Å². The standard InChI is InChI=1S/2C39H27N3/c2*1-7-28(34-13-4-16-40-25-34)19-31(10-1)37-22-38(32-11-2-8-29(20-32)35-14-5-17-41-26-35)24-39(23-37)33-12-3-9-30(21-33)36-15-6-18-42-27-36/h2*1-27H. The summed E-state index contributed by atoms with van der Waals surface area (Å²) in [6.45, 7) is 0. The van der Waals surface area contributed by atoms with Crippen molar-refractivity contribution in [1.82, 2.24) is 29.9 Å². The highest BCUT2D eigenvalue weighted by Crippen LogP contribution is 2.39. The maximum absolute atomic E-state index is 4.33. The van der Waals surface area contributed by atoms with Gasteiger partial charge in [-0.05, 0) is 209 Å². The van der Waals surface area contributed by atoms with Gasteiger partial charge in [-0.1, -0.05) is 146 Å². The summed E-state index contributed by atoms with van der Waals surface area (Å²) in [5.74, 6) is 0. The highest BCUT2D eigenvalue weighted by Gasteiger charge is 2.14. The summed E-state index contributed by atoms with van der Waals surface area (Å²) in [4.78, 5) is 26.0. The number of nitrogens with zero attached hydrogens (tertiary/aromatic N) is 6. The minimum absolute atomic E-state index is 1.10. The Balaban J connectivity index is 0.000000157.